The van der Waals surface area contributed by atoms with Crippen molar-refractivity contribution < 1.29 is 72.4 Å². The van der Waals surface area contributed by atoms with E-state index in [2.05, 4.69) is 10.6 Å². The van der Waals surface area contributed by atoms with E-state index in [4.69, 9.17) is 49.5 Å². The molecule has 72 heavy (non-hydrogen) atoms. The highest BCUT2D eigenvalue weighted by Crippen LogP contribution is 2.42. The lowest BCUT2D eigenvalue weighted by Crippen LogP contribution is -2.62. The maximum absolute atomic E-state index is 14.5. The van der Waals surface area contributed by atoms with Gasteiger partial charge in [-0.3, -0.25) is 14.4 Å². The van der Waals surface area contributed by atoms with Crippen LogP contribution in [-0.2, 0) is 52.3 Å². The molecule has 19 heteroatoms. The molecule has 0 aliphatic carbocycles. The molecule has 0 radical (unpaired) electrons. The van der Waals surface area contributed by atoms with E-state index in [1.807, 2.05) is 58.0 Å². The zero-order valence-electron chi connectivity index (χ0n) is 45.5. The zero-order valence-corrected chi connectivity index (χ0v) is 46.2. The average molecular weight is 1040 g/mol. The predicted molar refractivity (Wildman–Crippen MR) is 270 cm³/mol. The summed E-state index contributed by atoms with van der Waals surface area (Å²) in [5.41, 5.74) is -3.66. The summed E-state index contributed by atoms with van der Waals surface area (Å²) in [7, 11) is 6.73. The summed E-state index contributed by atoms with van der Waals surface area (Å²) in [6, 6.07) is 6.82. The van der Waals surface area contributed by atoms with Crippen LogP contribution < -0.4 is 10.6 Å². The topological polar surface area (TPSA) is 230 Å². The third-order valence-corrected chi connectivity index (χ3v) is 15.9. The quantitative estimate of drug-likeness (QED) is 0.0856. The van der Waals surface area contributed by atoms with Crippen molar-refractivity contribution in [2.45, 2.75) is 218 Å². The Bertz CT molecular complexity index is 1930. The van der Waals surface area contributed by atoms with E-state index in [0.29, 0.717) is 43.7 Å². The van der Waals surface area contributed by atoms with Crippen LogP contribution in [0.5, 0.6) is 0 Å². The molecule has 0 saturated carbocycles. The number of nitrogens with zero attached hydrogens (tertiary/aromatic N) is 1. The number of ketones is 1. The first-order valence-electron chi connectivity index (χ1n) is 25.9. The van der Waals surface area contributed by atoms with Gasteiger partial charge in [0, 0.05) is 62.4 Å². The van der Waals surface area contributed by atoms with E-state index in [-0.39, 0.29) is 49.1 Å². The maximum Gasteiger partial charge on any atom is 0.407 e. The van der Waals surface area contributed by atoms with Gasteiger partial charge in [-0.25, -0.2) is 4.79 Å². The van der Waals surface area contributed by atoms with E-state index >= 15 is 0 Å². The van der Waals surface area contributed by atoms with E-state index in [1.54, 1.807) is 54.5 Å². The van der Waals surface area contributed by atoms with Crippen LogP contribution in [0.25, 0.3) is 0 Å². The van der Waals surface area contributed by atoms with Crippen LogP contribution in [0.3, 0.4) is 0 Å². The molecule has 1 unspecified atom stereocenters. The number of amides is 2. The maximum atomic E-state index is 14.5. The van der Waals surface area contributed by atoms with E-state index in [9.17, 15) is 34.5 Å². The molecule has 3 heterocycles. The lowest BCUT2D eigenvalue weighted by atomic mass is 9.74. The normalized spacial score (nSPS) is 38.9. The van der Waals surface area contributed by atoms with Crippen LogP contribution in [0, 0.1) is 23.7 Å². The van der Waals surface area contributed by atoms with Gasteiger partial charge in [-0.05, 0) is 106 Å². The highest BCUT2D eigenvalue weighted by Gasteiger charge is 2.55. The number of likely N-dealkylation sites (N-methyl/N-ethyl adjacent to an activating group) is 1. The molecule has 1 aromatic rings. The largest absolute Gasteiger partial charge is 0.459 e. The molecule has 3 aliphatic rings. The molecular formula is C53H88ClN3O15. The number of carbonyl (C=O) groups is 4. The number of rotatable bonds is 17. The van der Waals surface area contributed by atoms with Gasteiger partial charge in [-0.2, -0.15) is 0 Å². The molecular weight excluding hydrogens is 954 g/mol. The Labute approximate surface area is 433 Å². The summed E-state index contributed by atoms with van der Waals surface area (Å²) >= 11 is 6.29. The minimum Gasteiger partial charge on any atom is -0.459 e. The summed E-state index contributed by atoms with van der Waals surface area (Å²) in [6.07, 6.45) is -7.96. The molecule has 412 valence electrons. The van der Waals surface area contributed by atoms with Crippen molar-refractivity contribution >= 4 is 35.4 Å². The second-order valence-corrected chi connectivity index (χ2v) is 22.0. The number of ether oxygens (including phenoxy) is 8. The molecule has 19 atom stereocenters. The third kappa shape index (κ3) is 15.1. The van der Waals surface area contributed by atoms with Gasteiger partial charge in [0.2, 0.25) is 5.91 Å². The average Bonchev–Trinajstić information content (AvgIpc) is 3.32. The molecule has 0 aromatic heterocycles. The van der Waals surface area contributed by atoms with Crippen LogP contribution >= 0.6 is 11.6 Å². The van der Waals surface area contributed by atoms with Crippen molar-refractivity contribution in [3.63, 3.8) is 0 Å². The summed E-state index contributed by atoms with van der Waals surface area (Å²) in [5, 5.41) is 41.6. The van der Waals surface area contributed by atoms with Crippen molar-refractivity contribution in [1.29, 1.82) is 0 Å². The molecule has 2 amide bonds. The van der Waals surface area contributed by atoms with Crippen LogP contribution in [0.4, 0.5) is 4.79 Å². The molecule has 0 bridgehead atoms. The van der Waals surface area contributed by atoms with Gasteiger partial charge in [-0.15, -0.1) is 0 Å². The van der Waals surface area contributed by atoms with E-state index in [1.165, 1.54) is 21.1 Å². The monoisotopic (exact) mass is 1040 g/mol. The summed E-state index contributed by atoms with van der Waals surface area (Å²) < 4.78 is 51.1. The number of Topliss-reactive ketones (excluding diaryl/α,β-unsaturated/α-hetero) is 1. The van der Waals surface area contributed by atoms with Gasteiger partial charge in [0.05, 0.1) is 48.1 Å². The number of aliphatic hydroxyl groups is 3. The number of unbranched alkanes of at least 4 members (excludes halogenated alkanes) is 2. The number of cyclic esters (lactones) is 1. The Balaban J connectivity index is 1.57. The molecule has 3 aliphatic heterocycles. The Morgan fingerprint density at radius 1 is 0.903 bits per heavy atom. The third-order valence-electron chi connectivity index (χ3n) is 15.6. The first kappa shape index (κ1) is 61.5. The zero-order chi connectivity index (χ0) is 54.0. The second-order valence-electron chi connectivity index (χ2n) is 21.6. The molecule has 5 N–H and O–H groups in total. The number of alkyl carbamates (subject to hydrolysis) is 1. The highest BCUT2D eigenvalue weighted by atomic mass is 35.5. The SMILES string of the molecule is CC[C@H]1OC(=O)[C@H](C)[C@@H](O[C@H]2C[C@@](C)(OC)[C@@H](OC(=O)NCCCCCC(=O)NC(C)c3ccccc3Cl)[C@H](C)O2)[C@H](C)[C@@H](O[C@@H]2O[C@H](C)C[C@H](N(C)C)[C@H]2O)[C@](C)(OC)C[C@@H](C)C(=O)[C@H](C)[C@@H](O)[C@]1(C)O. The van der Waals surface area contributed by atoms with Crippen molar-refractivity contribution in [1.82, 2.24) is 15.5 Å². The number of methoxy groups -OCH3 is 2. The Morgan fingerprint density at radius 3 is 2.15 bits per heavy atom. The lowest BCUT2D eigenvalue weighted by molar-refractivity contribution is -0.319. The number of hydrogen-bond donors (Lipinski definition) is 5. The molecule has 4 rings (SSSR count). The van der Waals surface area contributed by atoms with Crippen LogP contribution in [-0.4, -0.2) is 163 Å². The first-order chi connectivity index (χ1) is 33.7. The van der Waals surface area contributed by atoms with Gasteiger partial charge in [0.1, 0.15) is 29.2 Å². The van der Waals surface area contributed by atoms with Crippen molar-refractivity contribution in [3.8, 4) is 0 Å². The van der Waals surface area contributed by atoms with Crippen LogP contribution in [0.15, 0.2) is 24.3 Å². The molecule has 3 saturated heterocycles. The fourth-order valence-electron chi connectivity index (χ4n) is 10.9. The molecule has 18 nitrogen and oxygen atoms in total. The van der Waals surface area contributed by atoms with Gasteiger partial charge >= 0.3 is 12.1 Å². The van der Waals surface area contributed by atoms with Gasteiger partial charge in [0.25, 0.3) is 0 Å². The molecule has 3 fully saturated rings. The molecule has 0 spiro atoms. The smallest absolute Gasteiger partial charge is 0.407 e. The summed E-state index contributed by atoms with van der Waals surface area (Å²) in [4.78, 5) is 56.5. The van der Waals surface area contributed by atoms with Crippen molar-refractivity contribution in [3.05, 3.63) is 34.9 Å². The second kappa shape index (κ2) is 26.7. The number of esters is 1. The Hall–Kier alpha value is -3.01. The van der Waals surface area contributed by atoms with Gasteiger partial charge in [0.15, 0.2) is 18.7 Å². The minimum atomic E-state index is -2.02. The van der Waals surface area contributed by atoms with Crippen molar-refractivity contribution in [2.24, 2.45) is 23.7 Å². The number of hydrogen-bond acceptors (Lipinski definition) is 16. The Morgan fingerprint density at radius 2 is 1.54 bits per heavy atom. The number of aliphatic hydroxyl groups excluding tert-OH is 2. The summed E-state index contributed by atoms with van der Waals surface area (Å²) in [6.45, 7) is 19.2. The highest BCUT2D eigenvalue weighted by molar-refractivity contribution is 6.31. The van der Waals surface area contributed by atoms with Crippen LogP contribution in [0.1, 0.15) is 139 Å². The minimum absolute atomic E-state index is 0.0371. The van der Waals surface area contributed by atoms with E-state index in [0.717, 1.165) is 5.56 Å². The number of nitrogens with one attached hydrogen (secondary N) is 2. The number of benzene rings is 1. The lowest BCUT2D eigenvalue weighted by Gasteiger charge is -2.50. The van der Waals surface area contributed by atoms with E-state index < -0.39 is 108 Å². The summed E-state index contributed by atoms with van der Waals surface area (Å²) in [5.74, 6) is -4.88. The van der Waals surface area contributed by atoms with Crippen molar-refractivity contribution in [2.75, 3.05) is 34.9 Å². The number of halogens is 1. The fraction of sp³-hybridized carbons (Fsp3) is 0.811. The molecule has 1 aromatic carbocycles. The van der Waals surface area contributed by atoms with Gasteiger partial charge in [-0.1, -0.05) is 63.9 Å². The van der Waals surface area contributed by atoms with Gasteiger partial charge < -0.3 is 68.7 Å². The van der Waals surface area contributed by atoms with Crippen LogP contribution in [0.2, 0.25) is 5.02 Å². The fourth-order valence-corrected chi connectivity index (χ4v) is 11.2. The standard InChI is InChI=1S/C53H88ClN3O15/c1-16-39-53(11,64)45(61)31(4)42(59)29(2)27-51(9,65-14)46(71-49-43(60)38(57(12)13)26-30(3)67-49)32(5)44(33(6)48(62)69-39)70-41-28-52(10,66-15)47(35(8)68-41)72-50(63)55-25-21-17-18-24-40(58)56-34(7)36-22-19-20-23-37(36)54/h19-20,22-23,29-35,38-39,41,43-47,49,60-61,64H,16-18,21,24-28H2,1-15H3,(H,55,63)(H,56,58)/t29-,30-,31+,32+,33-,34?,35+,38+,39-,41+,43-,44+,45-,46-,47+,49+,51-,52-,53-/m1/s1. The Kier molecular flexibility index (Phi) is 22.8. The predicted octanol–water partition coefficient (Wildman–Crippen LogP) is 6.26. The number of carbonyl (C=O) groups excluding carboxylic acids is 4. The first-order valence-corrected chi connectivity index (χ1v) is 26.2.